The van der Waals surface area contributed by atoms with Gasteiger partial charge in [-0.1, -0.05) is 41.9 Å². The minimum atomic E-state index is -4.07. The maximum atomic E-state index is 13.4. The van der Waals surface area contributed by atoms with E-state index in [0.29, 0.717) is 5.56 Å². The number of aliphatic carboxylic acids is 1. The van der Waals surface area contributed by atoms with Gasteiger partial charge in [-0.25, -0.2) is 17.5 Å². The standard InChI is InChI=1S/C16H15ClFNO4S/c17-12-8-13(18)10-14(9-12)24(22,23)19-15(6-7-16(20)21)11-4-2-1-3-5-11/h1-5,8-10,15,19H,6-7H2,(H,20,21). The Bertz CT molecular complexity index is 807. The Morgan fingerprint density at radius 2 is 1.88 bits per heavy atom. The normalized spacial score (nSPS) is 12.8. The predicted molar refractivity (Wildman–Crippen MR) is 87.8 cm³/mol. The Labute approximate surface area is 144 Å². The fraction of sp³-hybridized carbons (Fsp3) is 0.188. The van der Waals surface area contributed by atoms with Crippen LogP contribution in [0.2, 0.25) is 5.02 Å². The molecule has 0 amide bonds. The van der Waals surface area contributed by atoms with E-state index < -0.39 is 27.9 Å². The van der Waals surface area contributed by atoms with Crippen molar-refractivity contribution in [2.45, 2.75) is 23.8 Å². The molecule has 0 radical (unpaired) electrons. The summed E-state index contributed by atoms with van der Waals surface area (Å²) in [6.45, 7) is 0. The number of hydrogen-bond acceptors (Lipinski definition) is 3. The summed E-state index contributed by atoms with van der Waals surface area (Å²) in [5, 5.41) is 8.81. The van der Waals surface area contributed by atoms with Gasteiger partial charge in [-0.3, -0.25) is 4.79 Å². The maximum absolute atomic E-state index is 13.4. The molecule has 1 unspecified atom stereocenters. The van der Waals surface area contributed by atoms with Gasteiger partial charge in [0.25, 0.3) is 0 Å². The van der Waals surface area contributed by atoms with Crippen molar-refractivity contribution in [3.8, 4) is 0 Å². The van der Waals surface area contributed by atoms with E-state index in [0.717, 1.165) is 18.2 Å². The maximum Gasteiger partial charge on any atom is 0.303 e. The molecule has 2 aromatic carbocycles. The van der Waals surface area contributed by atoms with Gasteiger partial charge in [-0.2, -0.15) is 0 Å². The summed E-state index contributed by atoms with van der Waals surface area (Å²) >= 11 is 5.70. The molecule has 0 spiro atoms. The molecule has 0 heterocycles. The lowest BCUT2D eigenvalue weighted by Gasteiger charge is -2.19. The van der Waals surface area contributed by atoms with Gasteiger partial charge in [0.15, 0.2) is 0 Å². The molecule has 0 aliphatic heterocycles. The number of sulfonamides is 1. The lowest BCUT2D eigenvalue weighted by Crippen LogP contribution is -2.29. The highest BCUT2D eigenvalue weighted by molar-refractivity contribution is 7.89. The summed E-state index contributed by atoms with van der Waals surface area (Å²) in [4.78, 5) is 10.5. The van der Waals surface area contributed by atoms with E-state index in [9.17, 15) is 17.6 Å². The zero-order valence-electron chi connectivity index (χ0n) is 12.4. The molecule has 1 atom stereocenters. The van der Waals surface area contributed by atoms with E-state index in [1.54, 1.807) is 30.3 Å². The Morgan fingerprint density at radius 1 is 1.21 bits per heavy atom. The number of carbonyl (C=O) groups is 1. The number of carboxylic acids is 1. The third kappa shape index (κ3) is 5.02. The van der Waals surface area contributed by atoms with Gasteiger partial charge >= 0.3 is 5.97 Å². The molecule has 24 heavy (non-hydrogen) atoms. The van der Waals surface area contributed by atoms with Gasteiger partial charge in [-0.15, -0.1) is 0 Å². The first-order chi connectivity index (χ1) is 11.3. The summed E-state index contributed by atoms with van der Waals surface area (Å²) in [7, 11) is -4.07. The molecule has 5 nitrogen and oxygen atoms in total. The molecule has 0 bridgehead atoms. The van der Waals surface area contributed by atoms with Crippen molar-refractivity contribution in [1.29, 1.82) is 0 Å². The summed E-state index contributed by atoms with van der Waals surface area (Å²) < 4.78 is 40.8. The number of nitrogens with one attached hydrogen (secondary N) is 1. The van der Waals surface area contributed by atoms with Crippen LogP contribution in [0.1, 0.15) is 24.4 Å². The number of benzene rings is 2. The number of carboxylic acid groups (broad SMARTS) is 1. The monoisotopic (exact) mass is 371 g/mol. The second-order valence-electron chi connectivity index (χ2n) is 5.12. The molecule has 0 saturated heterocycles. The molecule has 0 saturated carbocycles. The molecule has 8 heteroatoms. The van der Waals surface area contributed by atoms with Crippen LogP contribution in [-0.4, -0.2) is 19.5 Å². The van der Waals surface area contributed by atoms with E-state index >= 15 is 0 Å². The van der Waals surface area contributed by atoms with Crippen LogP contribution in [0.25, 0.3) is 0 Å². The molecule has 2 N–H and O–H groups in total. The topological polar surface area (TPSA) is 83.5 Å². The minimum Gasteiger partial charge on any atom is -0.481 e. The Balaban J connectivity index is 2.31. The van der Waals surface area contributed by atoms with Crippen LogP contribution in [0.15, 0.2) is 53.4 Å². The summed E-state index contributed by atoms with van der Waals surface area (Å²) in [5.74, 6) is -1.81. The van der Waals surface area contributed by atoms with Crippen molar-refractivity contribution in [1.82, 2.24) is 4.72 Å². The van der Waals surface area contributed by atoms with Crippen molar-refractivity contribution < 1.29 is 22.7 Å². The average Bonchev–Trinajstić information content (AvgIpc) is 2.51. The first-order valence-electron chi connectivity index (χ1n) is 7.03. The van der Waals surface area contributed by atoms with Gasteiger partial charge < -0.3 is 5.11 Å². The summed E-state index contributed by atoms with van der Waals surface area (Å²) in [6.07, 6.45) is -0.159. The predicted octanol–water partition coefficient (Wildman–Crippen LogP) is 3.36. The molecule has 128 valence electrons. The smallest absolute Gasteiger partial charge is 0.303 e. The van der Waals surface area contributed by atoms with Crippen molar-refractivity contribution in [3.05, 3.63) is 64.9 Å². The highest BCUT2D eigenvalue weighted by atomic mass is 35.5. The largest absolute Gasteiger partial charge is 0.481 e. The SMILES string of the molecule is O=C(O)CCC(NS(=O)(=O)c1cc(F)cc(Cl)c1)c1ccccc1. The summed E-state index contributed by atoms with van der Waals surface area (Å²) in [6, 6.07) is 10.8. The number of hydrogen-bond donors (Lipinski definition) is 2. The van der Waals surface area contributed by atoms with Gasteiger partial charge in [0.05, 0.1) is 4.90 Å². The Hall–Kier alpha value is -1.96. The second kappa shape index (κ2) is 7.74. The van der Waals surface area contributed by atoms with Gasteiger partial charge in [-0.05, 0) is 30.2 Å². The zero-order valence-corrected chi connectivity index (χ0v) is 14.0. The molecule has 2 aromatic rings. The third-order valence-electron chi connectivity index (χ3n) is 3.29. The van der Waals surface area contributed by atoms with Crippen LogP contribution in [-0.2, 0) is 14.8 Å². The van der Waals surface area contributed by atoms with Crippen LogP contribution in [0, 0.1) is 5.82 Å². The van der Waals surface area contributed by atoms with Crippen molar-refractivity contribution in [2.75, 3.05) is 0 Å². The van der Waals surface area contributed by atoms with Gasteiger partial charge in [0.1, 0.15) is 5.82 Å². The van der Waals surface area contributed by atoms with Crippen LogP contribution in [0.3, 0.4) is 0 Å². The molecular formula is C16H15ClFNO4S. The highest BCUT2D eigenvalue weighted by Crippen LogP contribution is 2.24. The van der Waals surface area contributed by atoms with E-state index in [-0.39, 0.29) is 22.8 Å². The van der Waals surface area contributed by atoms with Crippen LogP contribution >= 0.6 is 11.6 Å². The molecular weight excluding hydrogens is 357 g/mol. The zero-order chi connectivity index (χ0) is 17.7. The van der Waals surface area contributed by atoms with Crippen molar-refractivity contribution >= 4 is 27.6 Å². The number of rotatable bonds is 7. The molecule has 0 aliphatic rings. The fourth-order valence-corrected chi connectivity index (χ4v) is 3.79. The van der Waals surface area contributed by atoms with E-state index in [4.69, 9.17) is 16.7 Å². The average molecular weight is 372 g/mol. The first kappa shape index (κ1) is 18.4. The van der Waals surface area contributed by atoms with Gasteiger partial charge in [0.2, 0.25) is 10.0 Å². The summed E-state index contributed by atoms with van der Waals surface area (Å²) in [5.41, 5.74) is 0.616. The molecule has 0 aliphatic carbocycles. The van der Waals surface area contributed by atoms with Crippen LogP contribution in [0.4, 0.5) is 4.39 Å². The van der Waals surface area contributed by atoms with E-state index in [1.807, 2.05) is 0 Å². The van der Waals surface area contributed by atoms with E-state index in [2.05, 4.69) is 4.72 Å². The van der Waals surface area contributed by atoms with Gasteiger partial charge in [0, 0.05) is 17.5 Å². The second-order valence-corrected chi connectivity index (χ2v) is 7.27. The Morgan fingerprint density at radius 3 is 2.46 bits per heavy atom. The van der Waals surface area contributed by atoms with Crippen LogP contribution < -0.4 is 4.72 Å². The molecule has 2 rings (SSSR count). The quantitative estimate of drug-likeness (QED) is 0.781. The van der Waals surface area contributed by atoms with Crippen molar-refractivity contribution in [3.63, 3.8) is 0 Å². The lowest BCUT2D eigenvalue weighted by molar-refractivity contribution is -0.137. The molecule has 0 aromatic heterocycles. The lowest BCUT2D eigenvalue weighted by atomic mass is 10.0. The third-order valence-corrected chi connectivity index (χ3v) is 4.96. The number of halogens is 2. The Kier molecular flexibility index (Phi) is 5.93. The fourth-order valence-electron chi connectivity index (χ4n) is 2.19. The highest BCUT2D eigenvalue weighted by Gasteiger charge is 2.23. The molecule has 0 fully saturated rings. The first-order valence-corrected chi connectivity index (χ1v) is 8.89. The van der Waals surface area contributed by atoms with Crippen LogP contribution in [0.5, 0.6) is 0 Å². The van der Waals surface area contributed by atoms with Crippen molar-refractivity contribution in [2.24, 2.45) is 0 Å². The van der Waals surface area contributed by atoms with E-state index in [1.165, 1.54) is 0 Å². The minimum absolute atomic E-state index is 0.0443.